The SMILES string of the molecule is [2H]c1c([2H])c([2H])c(-c2ccc(N(c3ccc(C(C)(C)C)cc3)c3ccc4c(c3)N(c3ccc5c(c3)C(C)(C)c3ccccc3-5)c3cc(C)ccc3B4c3cccc(C(C)(C)C)c3)cc2)c([2H])c1[2H]. The minimum absolute atomic E-state index is 0.0323. The molecule has 2 nitrogen and oxygen atoms in total. The first-order valence-electron chi connectivity index (χ1n) is 24.7. The minimum Gasteiger partial charge on any atom is -0.311 e. The molecule has 2 aliphatic rings. The van der Waals surface area contributed by atoms with Gasteiger partial charge in [0.15, 0.2) is 0 Å². The Balaban J connectivity index is 1.21. The smallest absolute Gasteiger partial charge is 0.246 e. The van der Waals surface area contributed by atoms with Gasteiger partial charge in [-0.1, -0.05) is 188 Å². The molecule has 0 aromatic heterocycles. The fraction of sp³-hybridized carbons (Fsp3) is 0.200. The third-order valence-electron chi connectivity index (χ3n) is 13.4. The standard InChI is InChI=1S/C60H57BN2/c1-40-22-34-54-56(36-40)63(48-31-33-51-50-20-13-14-21-52(50)60(8,9)53(51)38-48)57-39-49(32-35-55(57)61(54)45-19-15-18-44(37-45)59(5,6)7)62(47-29-25-43(26-30-47)58(2,3)4)46-27-23-42(24-28-46)41-16-11-10-12-17-41/h10-39H,1-9H3/i10D,11D,12D,16D,17D. The summed E-state index contributed by atoms with van der Waals surface area (Å²) < 4.78 is 42.4. The molecule has 1 aliphatic heterocycles. The van der Waals surface area contributed by atoms with E-state index in [1.54, 1.807) is 0 Å². The van der Waals surface area contributed by atoms with Gasteiger partial charge in [0.25, 0.3) is 0 Å². The van der Waals surface area contributed by atoms with Crippen LogP contribution in [0.4, 0.5) is 34.1 Å². The van der Waals surface area contributed by atoms with Gasteiger partial charge in [0, 0.05) is 39.5 Å². The first-order valence-corrected chi connectivity index (χ1v) is 22.2. The highest BCUT2D eigenvalue weighted by Crippen LogP contribution is 2.51. The molecule has 310 valence electrons. The van der Waals surface area contributed by atoms with Crippen LogP contribution in [0, 0.1) is 6.92 Å². The molecular weight excluding hydrogens is 759 g/mol. The van der Waals surface area contributed by atoms with Crippen molar-refractivity contribution in [3.05, 3.63) is 210 Å². The largest absolute Gasteiger partial charge is 0.311 e. The molecule has 63 heavy (non-hydrogen) atoms. The van der Waals surface area contributed by atoms with Gasteiger partial charge in [0.2, 0.25) is 6.71 Å². The number of hydrogen-bond donors (Lipinski definition) is 0. The van der Waals surface area contributed by atoms with E-state index in [1.807, 2.05) is 24.3 Å². The molecule has 8 aromatic carbocycles. The summed E-state index contributed by atoms with van der Waals surface area (Å²) >= 11 is 0. The van der Waals surface area contributed by atoms with Crippen LogP contribution < -0.4 is 26.2 Å². The Morgan fingerprint density at radius 2 is 1.14 bits per heavy atom. The summed E-state index contributed by atoms with van der Waals surface area (Å²) in [5.74, 6) is 0. The first-order chi connectivity index (χ1) is 32.2. The van der Waals surface area contributed by atoms with Gasteiger partial charge in [-0.05, 0) is 133 Å². The van der Waals surface area contributed by atoms with Gasteiger partial charge < -0.3 is 9.80 Å². The van der Waals surface area contributed by atoms with Gasteiger partial charge in [-0.15, -0.1) is 0 Å². The molecule has 1 heterocycles. The Hall–Kier alpha value is -6.58. The zero-order chi connectivity index (χ0) is 48.2. The highest BCUT2D eigenvalue weighted by molar-refractivity contribution is 6.98. The van der Waals surface area contributed by atoms with Crippen molar-refractivity contribution in [2.75, 3.05) is 9.80 Å². The summed E-state index contributed by atoms with van der Waals surface area (Å²) in [5, 5.41) is 0. The Labute approximate surface area is 383 Å². The molecule has 0 unspecified atom stereocenters. The van der Waals surface area contributed by atoms with E-state index < -0.39 is 6.04 Å². The molecular formula is C60H57BN2. The average molecular weight is 822 g/mol. The predicted molar refractivity (Wildman–Crippen MR) is 272 cm³/mol. The molecule has 0 N–H and O–H groups in total. The lowest BCUT2D eigenvalue weighted by atomic mass is 9.35. The highest BCUT2D eigenvalue weighted by atomic mass is 15.2. The second kappa shape index (κ2) is 15.1. The maximum Gasteiger partial charge on any atom is 0.246 e. The number of anilines is 6. The third-order valence-corrected chi connectivity index (χ3v) is 13.4. The molecule has 10 rings (SSSR count). The van der Waals surface area contributed by atoms with Crippen molar-refractivity contribution < 1.29 is 6.85 Å². The molecule has 0 spiro atoms. The molecule has 0 saturated heterocycles. The van der Waals surface area contributed by atoms with Crippen molar-refractivity contribution in [1.29, 1.82) is 0 Å². The summed E-state index contributed by atoms with van der Waals surface area (Å²) in [6.07, 6.45) is 0. The van der Waals surface area contributed by atoms with Crippen molar-refractivity contribution in [3.63, 3.8) is 0 Å². The number of benzene rings is 8. The van der Waals surface area contributed by atoms with Crippen molar-refractivity contribution in [2.24, 2.45) is 0 Å². The van der Waals surface area contributed by atoms with Crippen molar-refractivity contribution in [1.82, 2.24) is 0 Å². The average Bonchev–Trinajstić information content (AvgIpc) is 3.54. The van der Waals surface area contributed by atoms with Crippen LogP contribution in [-0.2, 0) is 16.2 Å². The van der Waals surface area contributed by atoms with Gasteiger partial charge in [-0.3, -0.25) is 0 Å². The topological polar surface area (TPSA) is 6.48 Å². The number of hydrogen-bond acceptors (Lipinski definition) is 2. The van der Waals surface area contributed by atoms with E-state index in [0.717, 1.165) is 34.1 Å². The van der Waals surface area contributed by atoms with Gasteiger partial charge in [-0.2, -0.15) is 0 Å². The summed E-state index contributed by atoms with van der Waals surface area (Å²) in [6.45, 7) is 20.3. The number of rotatable bonds is 6. The van der Waals surface area contributed by atoms with Gasteiger partial charge >= 0.3 is 0 Å². The van der Waals surface area contributed by atoms with Crippen LogP contribution >= 0.6 is 0 Å². The molecule has 0 atom stereocenters. The van der Waals surface area contributed by atoms with E-state index in [0.29, 0.717) is 5.56 Å². The van der Waals surface area contributed by atoms with Crippen molar-refractivity contribution in [3.8, 4) is 22.3 Å². The second-order valence-corrected chi connectivity index (χ2v) is 20.0. The van der Waals surface area contributed by atoms with E-state index in [-0.39, 0.29) is 52.7 Å². The maximum atomic E-state index is 8.72. The van der Waals surface area contributed by atoms with E-state index in [9.17, 15) is 0 Å². The highest BCUT2D eigenvalue weighted by Gasteiger charge is 2.39. The Morgan fingerprint density at radius 1 is 0.524 bits per heavy atom. The van der Waals surface area contributed by atoms with Crippen molar-refractivity contribution in [2.45, 2.75) is 78.6 Å². The minimum atomic E-state index is -0.401. The van der Waals surface area contributed by atoms with E-state index in [1.165, 1.54) is 55.3 Å². The van der Waals surface area contributed by atoms with Crippen molar-refractivity contribution >= 4 is 57.2 Å². The van der Waals surface area contributed by atoms with Gasteiger partial charge in [0.1, 0.15) is 0 Å². The molecule has 8 aromatic rings. The normalized spacial score (nSPS) is 15.0. The number of nitrogens with zero attached hydrogens (tertiary/aromatic N) is 2. The lowest BCUT2D eigenvalue weighted by Crippen LogP contribution is -2.57. The third kappa shape index (κ3) is 7.09. The van der Waals surface area contributed by atoms with Crippen LogP contribution in [0.3, 0.4) is 0 Å². The Bertz CT molecular complexity index is 3280. The molecule has 0 bridgehead atoms. The Kier molecular flexibility index (Phi) is 8.35. The van der Waals surface area contributed by atoms with Crippen LogP contribution in [-0.4, -0.2) is 6.71 Å². The fourth-order valence-electron chi connectivity index (χ4n) is 9.88. The lowest BCUT2D eigenvalue weighted by molar-refractivity contribution is 0.590. The van der Waals surface area contributed by atoms with Crippen LogP contribution in [0.1, 0.15) is 90.1 Å². The molecule has 0 radical (unpaired) electrons. The zero-order valence-corrected chi connectivity index (χ0v) is 37.9. The van der Waals surface area contributed by atoms with E-state index >= 15 is 0 Å². The van der Waals surface area contributed by atoms with E-state index in [4.69, 9.17) is 6.85 Å². The predicted octanol–water partition coefficient (Wildman–Crippen LogP) is 14.3. The fourth-order valence-corrected chi connectivity index (χ4v) is 9.88. The Morgan fingerprint density at radius 3 is 1.84 bits per heavy atom. The van der Waals surface area contributed by atoms with Crippen LogP contribution in [0.5, 0.6) is 0 Å². The van der Waals surface area contributed by atoms with Crippen LogP contribution in [0.15, 0.2) is 182 Å². The van der Waals surface area contributed by atoms with Crippen LogP contribution in [0.2, 0.25) is 0 Å². The van der Waals surface area contributed by atoms with Gasteiger partial charge in [0.05, 0.1) is 6.85 Å². The molecule has 0 fully saturated rings. The number of fused-ring (bicyclic) bond motifs is 5. The molecule has 0 saturated carbocycles. The summed E-state index contributed by atoms with van der Waals surface area (Å²) in [6, 6.07) is 53.7. The van der Waals surface area contributed by atoms with Gasteiger partial charge in [-0.25, -0.2) is 0 Å². The first kappa shape index (κ1) is 34.9. The van der Waals surface area contributed by atoms with E-state index in [2.05, 4.69) is 200 Å². The second-order valence-electron chi connectivity index (χ2n) is 20.0. The summed E-state index contributed by atoms with van der Waals surface area (Å²) in [4.78, 5) is 4.74. The molecule has 1 aliphatic carbocycles. The quantitative estimate of drug-likeness (QED) is 0.154. The monoisotopic (exact) mass is 821 g/mol. The maximum absolute atomic E-state index is 8.72. The number of aryl methyl sites for hydroxylation is 1. The molecule has 3 heteroatoms. The zero-order valence-electron chi connectivity index (χ0n) is 42.9. The summed E-state index contributed by atoms with van der Waals surface area (Å²) in [5.41, 5.74) is 19.2. The molecule has 0 amide bonds. The van der Waals surface area contributed by atoms with Crippen LogP contribution in [0.25, 0.3) is 22.3 Å². The summed E-state index contributed by atoms with van der Waals surface area (Å²) in [7, 11) is 0. The lowest BCUT2D eigenvalue weighted by Gasteiger charge is -2.39.